The zero-order valence-corrected chi connectivity index (χ0v) is 11.2. The van der Waals surface area contributed by atoms with E-state index in [0.717, 1.165) is 19.3 Å². The smallest absolute Gasteiger partial charge is 0.129 e. The second kappa shape index (κ2) is 4.88. The van der Waals surface area contributed by atoms with Crippen LogP contribution in [0.5, 0.6) is 5.75 Å². The maximum atomic E-state index is 13.4. The zero-order chi connectivity index (χ0) is 13.3. The molecule has 0 radical (unpaired) electrons. The van der Waals surface area contributed by atoms with Gasteiger partial charge < -0.3 is 9.84 Å². The summed E-state index contributed by atoms with van der Waals surface area (Å²) in [4.78, 5) is 0. The first-order chi connectivity index (χ1) is 8.40. The Balaban J connectivity index is 2.11. The highest BCUT2D eigenvalue weighted by molar-refractivity contribution is 5.28. The van der Waals surface area contributed by atoms with E-state index < -0.39 is 6.10 Å². The number of rotatable bonds is 2. The summed E-state index contributed by atoms with van der Waals surface area (Å²) in [7, 11) is 0. The maximum absolute atomic E-state index is 13.4. The van der Waals surface area contributed by atoms with E-state index in [4.69, 9.17) is 4.74 Å². The standard InChI is InChI=1S/C15H21FO2/c1-10-6-7-11(9-12(10)16)18-13-5-4-8-15(2,3)14(13)17/h6-7,9,13-14,17H,4-5,8H2,1-3H3. The normalized spacial score (nSPS) is 26.9. The van der Waals surface area contributed by atoms with Crippen LogP contribution in [0.15, 0.2) is 18.2 Å². The van der Waals surface area contributed by atoms with Gasteiger partial charge >= 0.3 is 0 Å². The molecule has 1 aliphatic carbocycles. The molecule has 1 aliphatic rings. The van der Waals surface area contributed by atoms with Gasteiger partial charge in [-0.15, -0.1) is 0 Å². The van der Waals surface area contributed by atoms with Crippen LogP contribution < -0.4 is 4.74 Å². The van der Waals surface area contributed by atoms with E-state index in [0.29, 0.717) is 11.3 Å². The molecule has 2 rings (SSSR count). The molecule has 0 spiro atoms. The molecule has 1 N–H and O–H groups in total. The Hall–Kier alpha value is -1.09. The van der Waals surface area contributed by atoms with Crippen molar-refractivity contribution >= 4 is 0 Å². The van der Waals surface area contributed by atoms with E-state index >= 15 is 0 Å². The van der Waals surface area contributed by atoms with Crippen molar-refractivity contribution in [3.05, 3.63) is 29.6 Å². The van der Waals surface area contributed by atoms with E-state index in [2.05, 4.69) is 0 Å². The quantitative estimate of drug-likeness (QED) is 0.873. The number of hydrogen-bond acceptors (Lipinski definition) is 2. The van der Waals surface area contributed by atoms with Gasteiger partial charge in [0.2, 0.25) is 0 Å². The lowest BCUT2D eigenvalue weighted by molar-refractivity contribution is -0.0690. The van der Waals surface area contributed by atoms with Gasteiger partial charge in [0.25, 0.3) is 0 Å². The second-order valence-corrected chi connectivity index (χ2v) is 5.89. The molecular formula is C15H21FO2. The number of hydrogen-bond donors (Lipinski definition) is 1. The van der Waals surface area contributed by atoms with Gasteiger partial charge in [0, 0.05) is 6.07 Å². The molecule has 2 atom stereocenters. The molecule has 100 valence electrons. The molecule has 1 aromatic carbocycles. The van der Waals surface area contributed by atoms with Crippen LogP contribution in [0, 0.1) is 18.2 Å². The summed E-state index contributed by atoms with van der Waals surface area (Å²) in [6.07, 6.45) is 2.10. The molecule has 3 heteroatoms. The van der Waals surface area contributed by atoms with Gasteiger partial charge in [0.1, 0.15) is 17.7 Å². The van der Waals surface area contributed by atoms with Crippen molar-refractivity contribution in [2.75, 3.05) is 0 Å². The third-order valence-electron chi connectivity index (χ3n) is 3.89. The van der Waals surface area contributed by atoms with Crippen molar-refractivity contribution in [2.45, 2.75) is 52.2 Å². The van der Waals surface area contributed by atoms with Crippen LogP contribution in [0.25, 0.3) is 0 Å². The Morgan fingerprint density at radius 1 is 1.39 bits per heavy atom. The number of halogens is 1. The number of aliphatic hydroxyl groups is 1. The van der Waals surface area contributed by atoms with Crippen molar-refractivity contribution in [1.82, 2.24) is 0 Å². The highest BCUT2D eigenvalue weighted by Crippen LogP contribution is 2.37. The lowest BCUT2D eigenvalue weighted by Gasteiger charge is -2.40. The molecule has 1 aromatic rings. The first-order valence-electron chi connectivity index (χ1n) is 6.51. The molecule has 0 saturated heterocycles. The van der Waals surface area contributed by atoms with E-state index in [-0.39, 0.29) is 17.3 Å². The second-order valence-electron chi connectivity index (χ2n) is 5.89. The lowest BCUT2D eigenvalue weighted by atomic mass is 9.73. The summed E-state index contributed by atoms with van der Waals surface area (Å²) in [5, 5.41) is 10.3. The summed E-state index contributed by atoms with van der Waals surface area (Å²) < 4.78 is 19.2. The molecule has 1 fully saturated rings. The van der Waals surface area contributed by atoms with Crippen LogP contribution in [0.2, 0.25) is 0 Å². The highest BCUT2D eigenvalue weighted by Gasteiger charge is 2.39. The summed E-state index contributed by atoms with van der Waals surface area (Å²) in [6, 6.07) is 4.85. The first-order valence-corrected chi connectivity index (χ1v) is 6.51. The predicted octanol–water partition coefficient (Wildman–Crippen LogP) is 3.45. The molecule has 1 saturated carbocycles. The van der Waals surface area contributed by atoms with Gasteiger partial charge in [-0.3, -0.25) is 0 Å². The Bertz CT molecular complexity index is 429. The van der Waals surface area contributed by atoms with Gasteiger partial charge in [-0.25, -0.2) is 4.39 Å². The van der Waals surface area contributed by atoms with Crippen LogP contribution in [0.1, 0.15) is 38.7 Å². The summed E-state index contributed by atoms with van der Waals surface area (Å²) in [5.41, 5.74) is 0.471. The Kier molecular flexibility index (Phi) is 3.62. The average molecular weight is 252 g/mol. The number of aliphatic hydroxyl groups excluding tert-OH is 1. The van der Waals surface area contributed by atoms with Crippen molar-refractivity contribution < 1.29 is 14.2 Å². The van der Waals surface area contributed by atoms with Crippen LogP contribution in [0.3, 0.4) is 0 Å². The monoisotopic (exact) mass is 252 g/mol. The summed E-state index contributed by atoms with van der Waals surface area (Å²) in [6.45, 7) is 5.81. The van der Waals surface area contributed by atoms with Crippen molar-refractivity contribution in [1.29, 1.82) is 0 Å². The average Bonchev–Trinajstić information content (AvgIpc) is 2.30. The van der Waals surface area contributed by atoms with E-state index in [1.807, 2.05) is 13.8 Å². The fraction of sp³-hybridized carbons (Fsp3) is 0.600. The van der Waals surface area contributed by atoms with Gasteiger partial charge in [-0.05, 0) is 43.2 Å². The minimum atomic E-state index is -0.504. The van der Waals surface area contributed by atoms with Gasteiger partial charge in [-0.2, -0.15) is 0 Å². The fourth-order valence-corrected chi connectivity index (χ4v) is 2.51. The van der Waals surface area contributed by atoms with Crippen LogP contribution in [-0.4, -0.2) is 17.3 Å². The summed E-state index contributed by atoms with van der Waals surface area (Å²) >= 11 is 0. The number of ether oxygens (including phenoxy) is 1. The van der Waals surface area contributed by atoms with Gasteiger partial charge in [0.15, 0.2) is 0 Å². The third-order valence-corrected chi connectivity index (χ3v) is 3.89. The third kappa shape index (κ3) is 2.66. The SMILES string of the molecule is Cc1ccc(OC2CCCC(C)(C)C2O)cc1F. The Morgan fingerprint density at radius 3 is 2.78 bits per heavy atom. The molecule has 0 heterocycles. The predicted molar refractivity (Wildman–Crippen MR) is 69.2 cm³/mol. The van der Waals surface area contributed by atoms with Crippen LogP contribution in [0.4, 0.5) is 4.39 Å². The lowest BCUT2D eigenvalue weighted by Crippen LogP contribution is -2.46. The topological polar surface area (TPSA) is 29.5 Å². The summed E-state index contributed by atoms with van der Waals surface area (Å²) in [5.74, 6) is 0.233. The molecule has 18 heavy (non-hydrogen) atoms. The largest absolute Gasteiger partial charge is 0.488 e. The van der Waals surface area contributed by atoms with Crippen molar-refractivity contribution in [3.63, 3.8) is 0 Å². The maximum Gasteiger partial charge on any atom is 0.129 e. The Morgan fingerprint density at radius 2 is 2.11 bits per heavy atom. The van der Waals surface area contributed by atoms with Crippen molar-refractivity contribution in [2.24, 2.45) is 5.41 Å². The van der Waals surface area contributed by atoms with Crippen molar-refractivity contribution in [3.8, 4) is 5.75 Å². The van der Waals surface area contributed by atoms with Gasteiger partial charge in [-0.1, -0.05) is 19.9 Å². The zero-order valence-electron chi connectivity index (χ0n) is 11.2. The molecule has 0 bridgehead atoms. The number of aryl methyl sites for hydroxylation is 1. The Labute approximate surface area is 108 Å². The van der Waals surface area contributed by atoms with E-state index in [9.17, 15) is 9.50 Å². The minimum absolute atomic E-state index is 0.133. The molecular weight excluding hydrogens is 231 g/mol. The molecule has 2 unspecified atom stereocenters. The van der Waals surface area contributed by atoms with E-state index in [1.165, 1.54) is 6.07 Å². The molecule has 0 aliphatic heterocycles. The van der Waals surface area contributed by atoms with E-state index in [1.54, 1.807) is 19.1 Å². The molecule has 0 amide bonds. The minimum Gasteiger partial charge on any atom is -0.488 e. The molecule has 2 nitrogen and oxygen atoms in total. The fourth-order valence-electron chi connectivity index (χ4n) is 2.51. The first kappa shape index (κ1) is 13.3. The molecule has 0 aromatic heterocycles. The van der Waals surface area contributed by atoms with Gasteiger partial charge in [0.05, 0.1) is 6.10 Å². The van der Waals surface area contributed by atoms with Crippen LogP contribution >= 0.6 is 0 Å². The number of benzene rings is 1. The highest BCUT2D eigenvalue weighted by atomic mass is 19.1. The van der Waals surface area contributed by atoms with Crippen LogP contribution in [-0.2, 0) is 0 Å².